The fourth-order valence-corrected chi connectivity index (χ4v) is 3.26. The molecular formula is C15H20FN3S. The molecule has 1 aliphatic rings. The first-order valence-corrected chi connectivity index (χ1v) is 7.67. The lowest BCUT2D eigenvalue weighted by atomic mass is 10.2. The average molecular weight is 293 g/mol. The van der Waals surface area contributed by atoms with Crippen LogP contribution in [0, 0.1) is 17.5 Å². The summed E-state index contributed by atoms with van der Waals surface area (Å²) in [6.07, 6.45) is 3.73. The second-order valence-corrected chi connectivity index (χ2v) is 5.99. The summed E-state index contributed by atoms with van der Waals surface area (Å²) in [4.78, 5) is 5.60. The van der Waals surface area contributed by atoms with Crippen molar-refractivity contribution in [2.24, 2.45) is 0 Å². The summed E-state index contributed by atoms with van der Waals surface area (Å²) in [7, 11) is 0. The lowest BCUT2D eigenvalue weighted by Crippen LogP contribution is -2.21. The second-order valence-electron chi connectivity index (χ2n) is 5.60. The topological polar surface area (TPSA) is 24.0 Å². The molecule has 0 amide bonds. The highest BCUT2D eigenvalue weighted by molar-refractivity contribution is 7.71. The zero-order valence-electron chi connectivity index (χ0n) is 11.8. The monoisotopic (exact) mass is 293 g/mol. The molecule has 3 rings (SSSR count). The molecule has 1 fully saturated rings. The Morgan fingerprint density at radius 2 is 2.00 bits per heavy atom. The Morgan fingerprint density at radius 3 is 2.75 bits per heavy atom. The third-order valence-corrected chi connectivity index (χ3v) is 4.43. The predicted octanol–water partition coefficient (Wildman–Crippen LogP) is 3.63. The highest BCUT2D eigenvalue weighted by Crippen LogP contribution is 2.19. The van der Waals surface area contributed by atoms with Crippen molar-refractivity contribution in [3.05, 3.63) is 28.3 Å². The first-order valence-electron chi connectivity index (χ1n) is 7.26. The van der Waals surface area contributed by atoms with Gasteiger partial charge in [0.15, 0.2) is 4.77 Å². The maximum atomic E-state index is 13.6. The first kappa shape index (κ1) is 13.8. The number of benzene rings is 1. The van der Waals surface area contributed by atoms with Crippen LogP contribution in [0.15, 0.2) is 12.1 Å². The van der Waals surface area contributed by atoms with Crippen molar-refractivity contribution in [2.45, 2.75) is 32.7 Å². The fourth-order valence-electron chi connectivity index (χ4n) is 2.96. The Morgan fingerprint density at radius 1 is 1.25 bits per heavy atom. The summed E-state index contributed by atoms with van der Waals surface area (Å²) < 4.78 is 16.4. The number of nitrogens with zero attached hydrogens (tertiary/aromatic N) is 2. The van der Waals surface area contributed by atoms with Crippen LogP contribution in [0.2, 0.25) is 0 Å². The van der Waals surface area contributed by atoms with Crippen molar-refractivity contribution in [3.63, 3.8) is 0 Å². The van der Waals surface area contributed by atoms with E-state index in [1.165, 1.54) is 32.0 Å². The zero-order chi connectivity index (χ0) is 14.1. The van der Waals surface area contributed by atoms with Crippen LogP contribution in [-0.4, -0.2) is 34.1 Å². The van der Waals surface area contributed by atoms with E-state index in [9.17, 15) is 4.39 Å². The van der Waals surface area contributed by atoms with Crippen LogP contribution in [0.4, 0.5) is 4.39 Å². The molecule has 20 heavy (non-hydrogen) atoms. The Kier molecular flexibility index (Phi) is 3.89. The number of fused-ring (bicyclic) bond motifs is 1. The average Bonchev–Trinajstić information content (AvgIpc) is 3.01. The molecular weight excluding hydrogens is 273 g/mol. The van der Waals surface area contributed by atoms with Crippen molar-refractivity contribution in [1.29, 1.82) is 0 Å². The number of aromatic amines is 1. The van der Waals surface area contributed by atoms with Gasteiger partial charge in [-0.2, -0.15) is 0 Å². The Hall–Kier alpha value is -1.20. The molecule has 0 atom stereocenters. The van der Waals surface area contributed by atoms with Gasteiger partial charge >= 0.3 is 0 Å². The fraction of sp³-hybridized carbons (Fsp3) is 0.533. The molecule has 0 aliphatic carbocycles. The summed E-state index contributed by atoms with van der Waals surface area (Å²) >= 11 is 5.36. The number of halogens is 1. The lowest BCUT2D eigenvalue weighted by molar-refractivity contribution is 0.326. The predicted molar refractivity (Wildman–Crippen MR) is 82.1 cm³/mol. The van der Waals surface area contributed by atoms with Crippen molar-refractivity contribution < 1.29 is 4.39 Å². The number of imidazole rings is 1. The van der Waals surface area contributed by atoms with Crippen LogP contribution in [-0.2, 0) is 6.54 Å². The molecule has 3 nitrogen and oxygen atoms in total. The maximum absolute atomic E-state index is 13.6. The van der Waals surface area contributed by atoms with Crippen LogP contribution < -0.4 is 0 Å². The van der Waals surface area contributed by atoms with Gasteiger partial charge in [-0.3, -0.25) is 0 Å². The second kappa shape index (κ2) is 5.66. The third kappa shape index (κ3) is 2.65. The van der Waals surface area contributed by atoms with E-state index in [0.29, 0.717) is 10.3 Å². The molecule has 2 aromatic rings. The maximum Gasteiger partial charge on any atom is 0.178 e. The summed E-state index contributed by atoms with van der Waals surface area (Å²) in [5.74, 6) is -0.182. The number of hydrogen-bond acceptors (Lipinski definition) is 2. The van der Waals surface area contributed by atoms with Crippen molar-refractivity contribution in [2.75, 3.05) is 19.6 Å². The minimum absolute atomic E-state index is 0.182. The standard InChI is InChI=1S/C15H20FN3S/c1-11-9-14-13(10-12(11)16)17-15(20)19(14)8-4-7-18-5-2-3-6-18/h9-10H,2-8H2,1H3,(H,17,20). The van der Waals surface area contributed by atoms with Gasteiger partial charge in [0.25, 0.3) is 0 Å². The molecule has 0 spiro atoms. The summed E-state index contributed by atoms with van der Waals surface area (Å²) in [5.41, 5.74) is 2.47. The molecule has 0 radical (unpaired) electrons. The summed E-state index contributed by atoms with van der Waals surface area (Å²) in [6, 6.07) is 3.42. The van der Waals surface area contributed by atoms with E-state index >= 15 is 0 Å². The van der Waals surface area contributed by atoms with Crippen LogP contribution in [0.5, 0.6) is 0 Å². The molecule has 2 heterocycles. The number of hydrogen-bond donors (Lipinski definition) is 1. The van der Waals surface area contributed by atoms with Gasteiger partial charge < -0.3 is 14.5 Å². The van der Waals surface area contributed by atoms with Gasteiger partial charge in [-0.15, -0.1) is 0 Å². The highest BCUT2D eigenvalue weighted by atomic mass is 32.1. The third-order valence-electron chi connectivity index (χ3n) is 4.11. The molecule has 1 saturated heterocycles. The molecule has 108 valence electrons. The first-order chi connectivity index (χ1) is 9.65. The van der Waals surface area contributed by atoms with Gasteiger partial charge in [-0.05, 0) is 75.7 Å². The molecule has 1 N–H and O–H groups in total. The van der Waals surface area contributed by atoms with Gasteiger partial charge in [-0.1, -0.05) is 0 Å². The summed E-state index contributed by atoms with van der Waals surface area (Å²) in [5, 5.41) is 0. The smallest absolute Gasteiger partial charge is 0.178 e. The molecule has 5 heteroatoms. The number of H-pyrrole nitrogens is 1. The highest BCUT2D eigenvalue weighted by Gasteiger charge is 2.12. The van der Waals surface area contributed by atoms with E-state index in [2.05, 4.69) is 14.5 Å². The molecule has 1 aromatic heterocycles. The van der Waals surface area contributed by atoms with Gasteiger partial charge in [0.05, 0.1) is 11.0 Å². The van der Waals surface area contributed by atoms with Crippen LogP contribution in [0.1, 0.15) is 24.8 Å². The quantitative estimate of drug-likeness (QED) is 0.870. The largest absolute Gasteiger partial charge is 0.330 e. The molecule has 0 unspecified atom stereocenters. The van der Waals surface area contributed by atoms with E-state index in [1.807, 2.05) is 6.07 Å². The van der Waals surface area contributed by atoms with Crippen molar-refractivity contribution in [1.82, 2.24) is 14.5 Å². The molecule has 1 aliphatic heterocycles. The Labute approximate surface area is 123 Å². The molecule has 0 bridgehead atoms. The zero-order valence-corrected chi connectivity index (χ0v) is 12.6. The summed E-state index contributed by atoms with van der Waals surface area (Å²) in [6.45, 7) is 6.25. The number of aromatic nitrogens is 2. The minimum Gasteiger partial charge on any atom is -0.330 e. The van der Waals surface area contributed by atoms with E-state index < -0.39 is 0 Å². The van der Waals surface area contributed by atoms with Gasteiger partial charge in [0, 0.05) is 6.54 Å². The number of rotatable bonds is 4. The van der Waals surface area contributed by atoms with Crippen molar-refractivity contribution in [3.8, 4) is 0 Å². The lowest BCUT2D eigenvalue weighted by Gasteiger charge is -2.14. The molecule has 0 saturated carbocycles. The minimum atomic E-state index is -0.182. The van der Waals surface area contributed by atoms with E-state index in [0.717, 1.165) is 30.5 Å². The van der Waals surface area contributed by atoms with Crippen LogP contribution in [0.3, 0.4) is 0 Å². The van der Waals surface area contributed by atoms with E-state index in [-0.39, 0.29) is 5.82 Å². The molecule has 1 aromatic carbocycles. The number of aryl methyl sites for hydroxylation is 2. The van der Waals surface area contributed by atoms with Gasteiger partial charge in [0.2, 0.25) is 0 Å². The number of nitrogens with one attached hydrogen (secondary N) is 1. The van der Waals surface area contributed by atoms with Crippen molar-refractivity contribution >= 4 is 23.3 Å². The normalized spacial score (nSPS) is 16.3. The Bertz CT molecular complexity index is 668. The van der Waals surface area contributed by atoms with Gasteiger partial charge in [0.1, 0.15) is 5.82 Å². The number of likely N-dealkylation sites (tertiary alicyclic amines) is 1. The van der Waals surface area contributed by atoms with Crippen LogP contribution in [0.25, 0.3) is 11.0 Å². The van der Waals surface area contributed by atoms with Crippen LogP contribution >= 0.6 is 12.2 Å². The van der Waals surface area contributed by atoms with E-state index in [1.54, 1.807) is 6.92 Å². The Balaban J connectivity index is 1.78. The SMILES string of the molecule is Cc1cc2c(cc1F)[nH]c(=S)n2CCCN1CCCC1. The van der Waals surface area contributed by atoms with Gasteiger partial charge in [-0.25, -0.2) is 4.39 Å². The van der Waals surface area contributed by atoms with E-state index in [4.69, 9.17) is 12.2 Å².